The van der Waals surface area contributed by atoms with Gasteiger partial charge < -0.3 is 11.1 Å². The molecule has 4 heteroatoms. The molecule has 0 aromatic heterocycles. The number of hydrogen-bond acceptors (Lipinski definition) is 3. The van der Waals surface area contributed by atoms with Gasteiger partial charge >= 0.3 is 0 Å². The van der Waals surface area contributed by atoms with Crippen molar-refractivity contribution in [1.29, 1.82) is 5.26 Å². The SMILES string of the molecule is N#CCc1cc(NCc2ccccc2F)ccc1N. The number of nitrogen functional groups attached to an aromatic ring is 1. The number of rotatable bonds is 4. The highest BCUT2D eigenvalue weighted by atomic mass is 19.1. The fourth-order valence-electron chi connectivity index (χ4n) is 1.79. The Labute approximate surface area is 111 Å². The topological polar surface area (TPSA) is 61.8 Å². The van der Waals surface area contributed by atoms with Crippen molar-refractivity contribution >= 4 is 11.4 Å². The number of nitriles is 1. The van der Waals surface area contributed by atoms with Crippen LogP contribution in [0.25, 0.3) is 0 Å². The van der Waals surface area contributed by atoms with Gasteiger partial charge in [-0.15, -0.1) is 0 Å². The Hall–Kier alpha value is -2.54. The largest absolute Gasteiger partial charge is 0.398 e. The van der Waals surface area contributed by atoms with Crippen LogP contribution in [0, 0.1) is 17.1 Å². The van der Waals surface area contributed by atoms with Gasteiger partial charge in [0.25, 0.3) is 0 Å². The maximum atomic E-state index is 13.5. The lowest BCUT2D eigenvalue weighted by Gasteiger charge is -2.10. The third kappa shape index (κ3) is 3.23. The average Bonchev–Trinajstić information content (AvgIpc) is 2.41. The van der Waals surface area contributed by atoms with Crippen LogP contribution >= 0.6 is 0 Å². The van der Waals surface area contributed by atoms with Crippen molar-refractivity contribution in [3.63, 3.8) is 0 Å². The quantitative estimate of drug-likeness (QED) is 0.825. The first-order chi connectivity index (χ1) is 9.20. The van der Waals surface area contributed by atoms with Gasteiger partial charge in [0.1, 0.15) is 5.82 Å². The third-order valence-corrected chi connectivity index (χ3v) is 2.85. The smallest absolute Gasteiger partial charge is 0.128 e. The molecule has 2 aromatic rings. The molecule has 0 saturated heterocycles. The van der Waals surface area contributed by atoms with Crippen molar-refractivity contribution in [2.45, 2.75) is 13.0 Å². The zero-order valence-electron chi connectivity index (χ0n) is 10.4. The molecule has 0 unspecified atom stereocenters. The number of benzene rings is 2. The lowest BCUT2D eigenvalue weighted by Crippen LogP contribution is -2.03. The molecule has 0 radical (unpaired) electrons. The summed E-state index contributed by atoms with van der Waals surface area (Å²) < 4.78 is 13.5. The first kappa shape index (κ1) is 12.9. The van der Waals surface area contributed by atoms with Gasteiger partial charge in [0.05, 0.1) is 12.5 Å². The van der Waals surface area contributed by atoms with E-state index in [1.807, 2.05) is 12.1 Å². The number of halogens is 1. The Kier molecular flexibility index (Phi) is 3.99. The molecular weight excluding hydrogens is 241 g/mol. The predicted molar refractivity (Wildman–Crippen MR) is 73.9 cm³/mol. The van der Waals surface area contributed by atoms with Crippen molar-refractivity contribution in [2.24, 2.45) is 0 Å². The van der Waals surface area contributed by atoms with Crippen molar-refractivity contribution in [1.82, 2.24) is 0 Å². The maximum absolute atomic E-state index is 13.5. The Bertz CT molecular complexity index is 617. The molecule has 3 N–H and O–H groups in total. The van der Waals surface area contributed by atoms with E-state index < -0.39 is 0 Å². The minimum absolute atomic E-state index is 0.234. The minimum Gasteiger partial charge on any atom is -0.398 e. The first-order valence-corrected chi connectivity index (χ1v) is 5.93. The molecule has 0 spiro atoms. The molecule has 3 nitrogen and oxygen atoms in total. The molecule has 19 heavy (non-hydrogen) atoms. The van der Waals surface area contributed by atoms with Crippen LogP contribution in [0.15, 0.2) is 42.5 Å². The average molecular weight is 255 g/mol. The van der Waals surface area contributed by atoms with Crippen LogP contribution in [-0.2, 0) is 13.0 Å². The van der Waals surface area contributed by atoms with Gasteiger partial charge in [-0.3, -0.25) is 0 Å². The summed E-state index contributed by atoms with van der Waals surface area (Å²) in [6, 6.07) is 14.1. The van der Waals surface area contributed by atoms with Crippen molar-refractivity contribution in [2.75, 3.05) is 11.1 Å². The van der Waals surface area contributed by atoms with Crippen molar-refractivity contribution in [3.8, 4) is 6.07 Å². The Morgan fingerprint density at radius 3 is 2.68 bits per heavy atom. The minimum atomic E-state index is -0.234. The molecule has 0 fully saturated rings. The van der Waals surface area contributed by atoms with Gasteiger partial charge in [0.2, 0.25) is 0 Å². The molecule has 0 bridgehead atoms. The number of hydrogen-bond donors (Lipinski definition) is 2. The second-order valence-electron chi connectivity index (χ2n) is 4.19. The van der Waals surface area contributed by atoms with Crippen LogP contribution in [0.3, 0.4) is 0 Å². The third-order valence-electron chi connectivity index (χ3n) is 2.85. The summed E-state index contributed by atoms with van der Waals surface area (Å²) in [5, 5.41) is 11.8. The second kappa shape index (κ2) is 5.87. The summed E-state index contributed by atoms with van der Waals surface area (Å²) >= 11 is 0. The fraction of sp³-hybridized carbons (Fsp3) is 0.133. The molecule has 0 saturated carbocycles. The second-order valence-corrected chi connectivity index (χ2v) is 4.19. The summed E-state index contributed by atoms with van der Waals surface area (Å²) in [6.07, 6.45) is 0.265. The molecule has 0 atom stereocenters. The van der Waals surface area contributed by atoms with Crippen LogP contribution in [-0.4, -0.2) is 0 Å². The highest BCUT2D eigenvalue weighted by Gasteiger charge is 2.03. The number of nitrogens with two attached hydrogens (primary N) is 1. The van der Waals surface area contributed by atoms with E-state index in [1.165, 1.54) is 6.07 Å². The lowest BCUT2D eigenvalue weighted by atomic mass is 10.1. The monoisotopic (exact) mass is 255 g/mol. The Morgan fingerprint density at radius 1 is 1.16 bits per heavy atom. The van der Waals surface area contributed by atoms with Gasteiger partial charge in [-0.05, 0) is 29.8 Å². The van der Waals surface area contributed by atoms with E-state index in [0.29, 0.717) is 17.8 Å². The maximum Gasteiger partial charge on any atom is 0.128 e. The predicted octanol–water partition coefficient (Wildman–Crippen LogP) is 3.09. The Morgan fingerprint density at radius 2 is 1.95 bits per heavy atom. The molecule has 0 amide bonds. The molecule has 2 rings (SSSR count). The molecule has 96 valence electrons. The summed E-state index contributed by atoms with van der Waals surface area (Å²) in [5.74, 6) is -0.234. The van der Waals surface area contributed by atoms with E-state index in [2.05, 4.69) is 11.4 Å². The van der Waals surface area contributed by atoms with Crippen LogP contribution in [0.5, 0.6) is 0 Å². The van der Waals surface area contributed by atoms with Crippen LogP contribution in [0.2, 0.25) is 0 Å². The van der Waals surface area contributed by atoms with Gasteiger partial charge in [0, 0.05) is 23.5 Å². The van der Waals surface area contributed by atoms with E-state index in [0.717, 1.165) is 11.3 Å². The summed E-state index contributed by atoms with van der Waals surface area (Å²) in [5.41, 5.74) is 8.56. The number of nitrogens with zero attached hydrogens (tertiary/aromatic N) is 1. The van der Waals surface area contributed by atoms with Crippen LogP contribution in [0.4, 0.5) is 15.8 Å². The van der Waals surface area contributed by atoms with E-state index in [4.69, 9.17) is 11.0 Å². The standard InChI is InChI=1S/C15H14FN3/c16-14-4-2-1-3-12(14)10-19-13-5-6-15(18)11(9-13)7-8-17/h1-6,9,19H,7,10,18H2. The number of anilines is 2. The first-order valence-electron chi connectivity index (χ1n) is 5.93. The van der Waals surface area contributed by atoms with Gasteiger partial charge in [-0.2, -0.15) is 5.26 Å². The molecule has 0 heterocycles. The van der Waals surface area contributed by atoms with Crippen molar-refractivity contribution < 1.29 is 4.39 Å². The van der Waals surface area contributed by atoms with Gasteiger partial charge in [-0.25, -0.2) is 4.39 Å². The van der Waals surface area contributed by atoms with E-state index in [-0.39, 0.29) is 12.2 Å². The molecule has 0 aliphatic carbocycles. The van der Waals surface area contributed by atoms with E-state index in [1.54, 1.807) is 24.3 Å². The summed E-state index contributed by atoms with van der Waals surface area (Å²) in [7, 11) is 0. The van der Waals surface area contributed by atoms with Gasteiger partial charge in [-0.1, -0.05) is 18.2 Å². The molecule has 2 aromatic carbocycles. The summed E-state index contributed by atoms with van der Waals surface area (Å²) in [6.45, 7) is 0.391. The molecule has 0 aliphatic heterocycles. The highest BCUT2D eigenvalue weighted by molar-refractivity contribution is 5.58. The van der Waals surface area contributed by atoms with Crippen molar-refractivity contribution in [3.05, 3.63) is 59.4 Å². The highest BCUT2D eigenvalue weighted by Crippen LogP contribution is 2.19. The zero-order valence-corrected chi connectivity index (χ0v) is 10.4. The van der Waals surface area contributed by atoms with Crippen LogP contribution in [0.1, 0.15) is 11.1 Å². The number of nitrogens with one attached hydrogen (secondary N) is 1. The summed E-state index contributed by atoms with van der Waals surface area (Å²) in [4.78, 5) is 0. The van der Waals surface area contributed by atoms with Crippen LogP contribution < -0.4 is 11.1 Å². The Balaban J connectivity index is 2.10. The molecule has 0 aliphatic rings. The van der Waals surface area contributed by atoms with E-state index in [9.17, 15) is 4.39 Å². The fourth-order valence-corrected chi connectivity index (χ4v) is 1.79. The molecular formula is C15H14FN3. The van der Waals surface area contributed by atoms with E-state index >= 15 is 0 Å². The van der Waals surface area contributed by atoms with Gasteiger partial charge in [0.15, 0.2) is 0 Å². The lowest BCUT2D eigenvalue weighted by molar-refractivity contribution is 0.613. The normalized spacial score (nSPS) is 9.89. The zero-order chi connectivity index (χ0) is 13.7.